The van der Waals surface area contributed by atoms with Gasteiger partial charge in [0.2, 0.25) is 0 Å². The summed E-state index contributed by atoms with van der Waals surface area (Å²) in [5.41, 5.74) is 1.23. The van der Waals surface area contributed by atoms with Gasteiger partial charge in [-0.2, -0.15) is 0 Å². The number of benzene rings is 1. The summed E-state index contributed by atoms with van der Waals surface area (Å²) in [5.74, 6) is 0.715. The first-order valence-corrected chi connectivity index (χ1v) is 6.02. The van der Waals surface area contributed by atoms with E-state index in [1.54, 1.807) is 0 Å². The summed E-state index contributed by atoms with van der Waals surface area (Å²) in [4.78, 5) is 0. The van der Waals surface area contributed by atoms with E-state index in [1.807, 2.05) is 24.3 Å². The summed E-state index contributed by atoms with van der Waals surface area (Å²) in [6.07, 6.45) is 1.77. The Balaban J connectivity index is 1.75. The fourth-order valence-electron chi connectivity index (χ4n) is 1.50. The van der Waals surface area contributed by atoms with Gasteiger partial charge in [-0.3, -0.25) is 0 Å². The van der Waals surface area contributed by atoms with Crippen LogP contribution in [0.25, 0.3) is 0 Å². The quantitative estimate of drug-likeness (QED) is 0.652. The molecule has 0 aromatic heterocycles. The second kappa shape index (κ2) is 6.00. The van der Waals surface area contributed by atoms with Crippen molar-refractivity contribution in [2.24, 2.45) is 0 Å². The minimum absolute atomic E-state index is 0.121. The van der Waals surface area contributed by atoms with E-state index in [2.05, 4.69) is 5.32 Å². The third-order valence-electron chi connectivity index (χ3n) is 2.75. The zero-order chi connectivity index (χ0) is 12.1. The lowest BCUT2D eigenvalue weighted by atomic mass is 10.2. The van der Waals surface area contributed by atoms with Gasteiger partial charge in [0, 0.05) is 12.6 Å². The smallest absolute Gasteiger partial charge is 0.119 e. The monoisotopic (exact) mass is 237 g/mol. The Morgan fingerprint density at radius 2 is 2.00 bits per heavy atom. The van der Waals surface area contributed by atoms with Gasteiger partial charge < -0.3 is 20.3 Å². The first-order valence-electron chi connectivity index (χ1n) is 6.02. The van der Waals surface area contributed by atoms with Gasteiger partial charge in [0.05, 0.1) is 6.61 Å². The van der Waals surface area contributed by atoms with Crippen LogP contribution in [0.2, 0.25) is 0 Å². The van der Waals surface area contributed by atoms with Crippen molar-refractivity contribution in [1.29, 1.82) is 0 Å². The summed E-state index contributed by atoms with van der Waals surface area (Å²) in [5, 5.41) is 21.2. The average Bonchev–Trinajstić information content (AvgIpc) is 3.18. The van der Waals surface area contributed by atoms with E-state index >= 15 is 0 Å². The Hall–Kier alpha value is -1.10. The highest BCUT2D eigenvalue weighted by Gasteiger charge is 2.19. The van der Waals surface area contributed by atoms with Crippen LogP contribution in [0.1, 0.15) is 18.4 Å². The van der Waals surface area contributed by atoms with Gasteiger partial charge in [-0.25, -0.2) is 0 Å². The molecular weight excluding hydrogens is 218 g/mol. The van der Waals surface area contributed by atoms with Crippen LogP contribution in [0.15, 0.2) is 24.3 Å². The lowest BCUT2D eigenvalue weighted by Crippen LogP contribution is -2.21. The lowest BCUT2D eigenvalue weighted by molar-refractivity contribution is 0.0536. The maximum Gasteiger partial charge on any atom is 0.119 e. The molecule has 0 amide bonds. The Labute approximate surface area is 101 Å². The second-order valence-electron chi connectivity index (χ2n) is 4.45. The number of aliphatic hydroxyl groups excluding tert-OH is 2. The van der Waals surface area contributed by atoms with Crippen molar-refractivity contribution in [2.45, 2.75) is 31.5 Å². The number of rotatable bonds is 7. The molecule has 0 bridgehead atoms. The highest BCUT2D eigenvalue weighted by Crippen LogP contribution is 2.19. The fraction of sp³-hybridized carbons (Fsp3) is 0.538. The van der Waals surface area contributed by atoms with Crippen LogP contribution in [-0.4, -0.2) is 35.6 Å². The van der Waals surface area contributed by atoms with E-state index in [0.717, 1.165) is 6.54 Å². The van der Waals surface area contributed by atoms with E-state index in [0.29, 0.717) is 11.8 Å². The minimum Gasteiger partial charge on any atom is -0.491 e. The lowest BCUT2D eigenvalue weighted by Gasteiger charge is -2.10. The molecule has 2 rings (SSSR count). The topological polar surface area (TPSA) is 61.7 Å². The van der Waals surface area contributed by atoms with Gasteiger partial charge in [0.25, 0.3) is 0 Å². The van der Waals surface area contributed by atoms with Crippen LogP contribution in [-0.2, 0) is 6.54 Å². The molecule has 4 nitrogen and oxygen atoms in total. The van der Waals surface area contributed by atoms with Crippen LogP contribution in [0.4, 0.5) is 0 Å². The van der Waals surface area contributed by atoms with Crippen molar-refractivity contribution in [2.75, 3.05) is 13.2 Å². The first-order chi connectivity index (χ1) is 8.28. The van der Waals surface area contributed by atoms with Gasteiger partial charge in [0.1, 0.15) is 18.5 Å². The van der Waals surface area contributed by atoms with E-state index in [-0.39, 0.29) is 13.2 Å². The third-order valence-corrected chi connectivity index (χ3v) is 2.75. The summed E-state index contributed by atoms with van der Waals surface area (Å²) in [6, 6.07) is 8.50. The van der Waals surface area contributed by atoms with Crippen LogP contribution < -0.4 is 10.1 Å². The molecule has 17 heavy (non-hydrogen) atoms. The molecule has 1 aliphatic rings. The van der Waals surface area contributed by atoms with Crippen molar-refractivity contribution in [1.82, 2.24) is 5.32 Å². The van der Waals surface area contributed by atoms with Gasteiger partial charge in [-0.15, -0.1) is 0 Å². The van der Waals surface area contributed by atoms with Gasteiger partial charge in [-0.1, -0.05) is 12.1 Å². The molecule has 1 unspecified atom stereocenters. The van der Waals surface area contributed by atoms with Gasteiger partial charge in [0.15, 0.2) is 0 Å². The van der Waals surface area contributed by atoms with Crippen LogP contribution in [0, 0.1) is 0 Å². The maximum atomic E-state index is 9.14. The molecule has 0 spiro atoms. The summed E-state index contributed by atoms with van der Waals surface area (Å²) < 4.78 is 5.32. The van der Waals surface area contributed by atoms with E-state index in [4.69, 9.17) is 14.9 Å². The molecule has 0 saturated heterocycles. The van der Waals surface area contributed by atoms with Crippen molar-refractivity contribution in [3.05, 3.63) is 29.8 Å². The van der Waals surface area contributed by atoms with Crippen molar-refractivity contribution < 1.29 is 14.9 Å². The molecular formula is C13H19NO3. The SMILES string of the molecule is OCC(O)COc1ccc(CNC2CC2)cc1. The molecule has 4 heteroatoms. The summed E-state index contributed by atoms with van der Waals surface area (Å²) >= 11 is 0. The van der Waals surface area contributed by atoms with Crippen LogP contribution >= 0.6 is 0 Å². The molecule has 0 radical (unpaired) electrons. The van der Waals surface area contributed by atoms with Crippen molar-refractivity contribution in [3.63, 3.8) is 0 Å². The minimum atomic E-state index is -0.814. The van der Waals surface area contributed by atoms with Crippen LogP contribution in [0.5, 0.6) is 5.75 Å². The second-order valence-corrected chi connectivity index (χ2v) is 4.45. The molecule has 3 N–H and O–H groups in total. The number of hydrogen-bond donors (Lipinski definition) is 3. The Morgan fingerprint density at radius 3 is 2.59 bits per heavy atom. The van der Waals surface area contributed by atoms with Crippen LogP contribution in [0.3, 0.4) is 0 Å². The predicted octanol–water partition coefficient (Wildman–Crippen LogP) is 0.671. The molecule has 0 heterocycles. The van der Waals surface area contributed by atoms with E-state index < -0.39 is 6.10 Å². The molecule has 1 aromatic rings. The van der Waals surface area contributed by atoms with E-state index in [9.17, 15) is 0 Å². The highest BCUT2D eigenvalue weighted by molar-refractivity contribution is 5.27. The number of nitrogens with one attached hydrogen (secondary N) is 1. The normalized spacial score (nSPS) is 16.8. The van der Waals surface area contributed by atoms with Crippen molar-refractivity contribution in [3.8, 4) is 5.75 Å². The van der Waals surface area contributed by atoms with E-state index in [1.165, 1.54) is 18.4 Å². The molecule has 94 valence electrons. The predicted molar refractivity (Wildman–Crippen MR) is 64.9 cm³/mol. The Kier molecular flexibility index (Phi) is 4.36. The average molecular weight is 237 g/mol. The zero-order valence-electron chi connectivity index (χ0n) is 9.80. The summed E-state index contributed by atoms with van der Waals surface area (Å²) in [7, 11) is 0. The highest BCUT2D eigenvalue weighted by atomic mass is 16.5. The largest absolute Gasteiger partial charge is 0.491 e. The fourth-order valence-corrected chi connectivity index (χ4v) is 1.50. The third kappa shape index (κ3) is 4.34. The Bertz CT molecular complexity index is 335. The number of aliphatic hydroxyl groups is 2. The standard InChI is InChI=1S/C13H19NO3/c15-8-12(16)9-17-13-5-1-10(2-6-13)7-14-11-3-4-11/h1-2,5-6,11-12,14-16H,3-4,7-9H2. The summed E-state index contributed by atoms with van der Waals surface area (Å²) in [6.45, 7) is 0.740. The molecule has 0 aliphatic heterocycles. The Morgan fingerprint density at radius 1 is 1.29 bits per heavy atom. The number of hydrogen-bond acceptors (Lipinski definition) is 4. The molecule has 1 aliphatic carbocycles. The molecule has 1 aromatic carbocycles. The number of ether oxygens (including phenoxy) is 1. The molecule has 1 atom stereocenters. The molecule has 1 saturated carbocycles. The van der Waals surface area contributed by atoms with Gasteiger partial charge in [-0.05, 0) is 30.5 Å². The molecule has 1 fully saturated rings. The maximum absolute atomic E-state index is 9.14. The van der Waals surface area contributed by atoms with Gasteiger partial charge >= 0.3 is 0 Å². The first kappa shape index (κ1) is 12.4. The van der Waals surface area contributed by atoms with Crippen molar-refractivity contribution >= 4 is 0 Å². The zero-order valence-corrected chi connectivity index (χ0v) is 9.80.